The average Bonchev–Trinajstić information content (AvgIpc) is 3.77. The molecule has 0 aliphatic heterocycles. The van der Waals surface area contributed by atoms with Crippen molar-refractivity contribution in [2.45, 2.75) is 201 Å². The summed E-state index contributed by atoms with van der Waals surface area (Å²) < 4.78 is 0. The van der Waals surface area contributed by atoms with E-state index in [9.17, 15) is 39.9 Å². The van der Waals surface area contributed by atoms with Gasteiger partial charge >= 0.3 is 11.9 Å². The van der Waals surface area contributed by atoms with Gasteiger partial charge in [0.05, 0.1) is 30.5 Å². The zero-order valence-corrected chi connectivity index (χ0v) is 39.6. The highest BCUT2D eigenvalue weighted by atomic mass is 16.4. The number of carboxylic acid groups (broad SMARTS) is 2. The van der Waals surface area contributed by atoms with Crippen molar-refractivity contribution in [1.29, 1.82) is 0 Å². The van der Waals surface area contributed by atoms with E-state index in [4.69, 9.17) is 10.2 Å². The molecule has 0 amide bonds. The van der Waals surface area contributed by atoms with Gasteiger partial charge in [-0.25, -0.2) is 0 Å². The standard InChI is InChI=1S/C26H44O5.C26H42O5/c2*1-5-16-19-12-15(27)10-11-25(19,3)20-13-21(28)26(4)17(14(2)6-9-22(29)30)7-8-18(26)23(20)24(16)31/h14-21,23-24,27-28,31H,5-13H2,1-4H3,(H,29,30);14-21,23,27-28H,5-13H2,1-4H3,(H,29,30)/t14-,15-,16-,17-,18?,19+,20?,21+,23+,24-,25+,26-;14-,15-,16-,17-,18?,19+,20?,21+,23+,25+,26-/m11/s1. The molecule has 8 fully saturated rings. The van der Waals surface area contributed by atoms with Crippen molar-refractivity contribution in [2.75, 3.05) is 0 Å². The monoisotopic (exact) mass is 871 g/mol. The Morgan fingerprint density at radius 3 is 1.56 bits per heavy atom. The quantitative estimate of drug-likeness (QED) is 0.112. The highest BCUT2D eigenvalue weighted by Crippen LogP contribution is 2.71. The van der Waals surface area contributed by atoms with Crippen LogP contribution in [0.1, 0.15) is 171 Å². The van der Waals surface area contributed by atoms with Crippen LogP contribution < -0.4 is 0 Å². The highest BCUT2D eigenvalue weighted by molar-refractivity contribution is 5.86. The largest absolute Gasteiger partial charge is 0.481 e. The summed E-state index contributed by atoms with van der Waals surface area (Å²) in [4.78, 5) is 36.2. The molecule has 8 saturated carbocycles. The highest BCUT2D eigenvalue weighted by Gasteiger charge is 2.69. The van der Waals surface area contributed by atoms with Crippen molar-refractivity contribution >= 4 is 17.7 Å². The Morgan fingerprint density at radius 1 is 0.597 bits per heavy atom. The molecule has 7 N–H and O–H groups in total. The van der Waals surface area contributed by atoms with Crippen LogP contribution in [-0.4, -0.2) is 84.0 Å². The molecule has 8 aliphatic rings. The number of carboxylic acids is 2. The van der Waals surface area contributed by atoms with E-state index >= 15 is 0 Å². The lowest BCUT2D eigenvalue weighted by molar-refractivity contribution is -0.228. The molecule has 0 radical (unpaired) electrons. The van der Waals surface area contributed by atoms with Crippen LogP contribution in [0.15, 0.2) is 0 Å². The van der Waals surface area contributed by atoms with E-state index in [1.54, 1.807) is 0 Å². The topological polar surface area (TPSA) is 193 Å². The Morgan fingerprint density at radius 2 is 1.06 bits per heavy atom. The van der Waals surface area contributed by atoms with E-state index in [0.717, 1.165) is 83.5 Å². The second-order valence-corrected chi connectivity index (χ2v) is 24.0. The molecule has 8 aliphatic carbocycles. The molecule has 0 aromatic rings. The van der Waals surface area contributed by atoms with Crippen LogP contribution in [-0.2, 0) is 14.4 Å². The van der Waals surface area contributed by atoms with Gasteiger partial charge in [-0.2, -0.15) is 0 Å². The van der Waals surface area contributed by atoms with Crippen molar-refractivity contribution in [3.63, 3.8) is 0 Å². The van der Waals surface area contributed by atoms with Gasteiger partial charge in [0.1, 0.15) is 5.78 Å². The molecule has 8 rings (SSSR count). The van der Waals surface area contributed by atoms with E-state index in [1.165, 1.54) is 0 Å². The fourth-order valence-electron chi connectivity index (χ4n) is 18.6. The van der Waals surface area contributed by atoms with Gasteiger partial charge in [0.15, 0.2) is 0 Å². The lowest BCUT2D eigenvalue weighted by Crippen LogP contribution is -2.65. The maximum atomic E-state index is 13.9. The lowest BCUT2D eigenvalue weighted by Gasteiger charge is -2.65. The molecular weight excluding hydrogens is 785 g/mol. The molecule has 0 heterocycles. The number of hydrogen-bond acceptors (Lipinski definition) is 8. The summed E-state index contributed by atoms with van der Waals surface area (Å²) in [6.45, 7) is 17.7. The Kier molecular flexibility index (Phi) is 14.0. The number of fused-ring (bicyclic) bond motifs is 10. The molecule has 4 unspecified atom stereocenters. The Bertz CT molecular complexity index is 1640. The zero-order chi connectivity index (χ0) is 45.4. The van der Waals surface area contributed by atoms with E-state index in [1.807, 2.05) is 0 Å². The minimum absolute atomic E-state index is 0.00603. The van der Waals surface area contributed by atoms with E-state index in [-0.39, 0.29) is 118 Å². The van der Waals surface area contributed by atoms with Crippen molar-refractivity contribution in [1.82, 2.24) is 0 Å². The van der Waals surface area contributed by atoms with Gasteiger partial charge < -0.3 is 35.7 Å². The molecule has 354 valence electrons. The third-order valence-corrected chi connectivity index (χ3v) is 21.9. The summed E-state index contributed by atoms with van der Waals surface area (Å²) in [7, 11) is 0. The maximum absolute atomic E-state index is 13.9. The fraction of sp³-hybridized carbons (Fsp3) is 0.942. The number of ketones is 1. The molecule has 23 atom stereocenters. The molecule has 0 aromatic heterocycles. The van der Waals surface area contributed by atoms with Crippen molar-refractivity contribution in [2.24, 2.45) is 105 Å². The normalized spacial score (nSPS) is 51.5. The number of rotatable bonds is 10. The van der Waals surface area contributed by atoms with Crippen molar-refractivity contribution < 1.29 is 50.1 Å². The van der Waals surface area contributed by atoms with Gasteiger partial charge in [0.2, 0.25) is 0 Å². The van der Waals surface area contributed by atoms with E-state index < -0.39 is 24.1 Å². The molecule has 62 heavy (non-hydrogen) atoms. The molecule has 0 aromatic carbocycles. The molecule has 0 bridgehead atoms. The summed E-state index contributed by atoms with van der Waals surface area (Å²) >= 11 is 0. The van der Waals surface area contributed by atoms with E-state index in [0.29, 0.717) is 42.8 Å². The predicted octanol–water partition coefficient (Wildman–Crippen LogP) is 8.38. The number of aliphatic hydroxyl groups is 5. The number of aliphatic carboxylic acids is 2. The number of aliphatic hydroxyl groups excluding tert-OH is 5. The van der Waals surface area contributed by atoms with Crippen LogP contribution in [0, 0.1) is 105 Å². The van der Waals surface area contributed by atoms with Gasteiger partial charge in [-0.15, -0.1) is 0 Å². The number of carbonyl (C=O) groups excluding carboxylic acids is 1. The lowest BCUT2D eigenvalue weighted by atomic mass is 9.41. The molecule has 10 heteroatoms. The third-order valence-electron chi connectivity index (χ3n) is 21.9. The number of hydrogen-bond donors (Lipinski definition) is 7. The summed E-state index contributed by atoms with van der Waals surface area (Å²) in [6, 6.07) is 0. The van der Waals surface area contributed by atoms with Crippen molar-refractivity contribution in [3.05, 3.63) is 0 Å². The number of Topliss-reactive ketones (excluding diaryl/α,β-unsaturated/α-hetero) is 1. The average molecular weight is 871 g/mol. The minimum Gasteiger partial charge on any atom is -0.481 e. The van der Waals surface area contributed by atoms with Gasteiger partial charge in [-0.1, -0.05) is 61.8 Å². The third kappa shape index (κ3) is 7.67. The Balaban J connectivity index is 0.000000186. The first-order chi connectivity index (χ1) is 29.1. The molecule has 0 spiro atoms. The van der Waals surface area contributed by atoms with Crippen LogP contribution in [0.25, 0.3) is 0 Å². The Labute approximate surface area is 372 Å². The van der Waals surface area contributed by atoms with Crippen LogP contribution in [0.4, 0.5) is 0 Å². The van der Waals surface area contributed by atoms with Crippen molar-refractivity contribution in [3.8, 4) is 0 Å². The first-order valence-electron chi connectivity index (χ1n) is 25.5. The van der Waals surface area contributed by atoms with Crippen LogP contribution in [0.5, 0.6) is 0 Å². The summed E-state index contributed by atoms with van der Waals surface area (Å²) in [5, 5.41) is 74.0. The molecule has 0 saturated heterocycles. The number of carbonyl (C=O) groups is 3. The minimum atomic E-state index is -0.762. The molecule has 10 nitrogen and oxygen atoms in total. The second-order valence-electron chi connectivity index (χ2n) is 24.0. The molecular formula is C52H86O10. The van der Waals surface area contributed by atoms with E-state index in [2.05, 4.69) is 55.4 Å². The predicted molar refractivity (Wildman–Crippen MR) is 237 cm³/mol. The fourth-order valence-corrected chi connectivity index (χ4v) is 18.6. The van der Waals surface area contributed by atoms with Gasteiger partial charge in [-0.3, -0.25) is 14.4 Å². The second kappa shape index (κ2) is 17.9. The smallest absolute Gasteiger partial charge is 0.303 e. The summed E-state index contributed by atoms with van der Waals surface area (Å²) in [5.41, 5.74) is -0.493. The first-order valence-corrected chi connectivity index (χ1v) is 25.5. The van der Waals surface area contributed by atoms with Crippen LogP contribution in [0.2, 0.25) is 0 Å². The Hall–Kier alpha value is -1.59. The van der Waals surface area contributed by atoms with Gasteiger partial charge in [-0.05, 0) is 184 Å². The van der Waals surface area contributed by atoms with Crippen LogP contribution >= 0.6 is 0 Å². The van der Waals surface area contributed by atoms with Gasteiger partial charge in [0.25, 0.3) is 0 Å². The van der Waals surface area contributed by atoms with Gasteiger partial charge in [0, 0.05) is 30.1 Å². The summed E-state index contributed by atoms with van der Waals surface area (Å²) in [6.07, 6.45) is 12.0. The maximum Gasteiger partial charge on any atom is 0.303 e. The first kappa shape index (κ1) is 48.3. The zero-order valence-electron chi connectivity index (χ0n) is 39.6. The van der Waals surface area contributed by atoms with Crippen LogP contribution in [0.3, 0.4) is 0 Å². The SMILES string of the molecule is CC[C@H]1C(=O)[C@H]2C3CC[C@H]([C@H](C)CCC(=O)O)[C@@]3(C)[C@@H](O)CC2[C@@]2(C)CC[C@@H](O)C[C@@H]12.CC[C@H]1[C@@H](O)[C@H]2C3CC[C@H]([C@H](C)CCC(=O)O)[C@@]3(C)[C@@H](O)CC2[C@@]2(C)CC[C@@H](O)C[C@@H]12. The summed E-state index contributed by atoms with van der Waals surface area (Å²) in [5.74, 6) is 1.88.